The molecule has 0 aliphatic carbocycles. The van der Waals surface area contributed by atoms with E-state index < -0.39 is 11.8 Å². The number of thiophene rings is 1. The van der Waals surface area contributed by atoms with Crippen LogP contribution in [0.2, 0.25) is 0 Å². The summed E-state index contributed by atoms with van der Waals surface area (Å²) in [6.45, 7) is 0.265. The van der Waals surface area contributed by atoms with E-state index in [1.807, 2.05) is 11.4 Å². The SMILES string of the molecule is O=C(O)c1cc(F)cc(OCc2sccc2Br)c1. The van der Waals surface area contributed by atoms with Gasteiger partial charge >= 0.3 is 5.97 Å². The number of carboxylic acid groups (broad SMARTS) is 1. The maximum Gasteiger partial charge on any atom is 0.335 e. The fraction of sp³-hybridized carbons (Fsp3) is 0.0833. The number of aromatic carboxylic acids is 1. The summed E-state index contributed by atoms with van der Waals surface area (Å²) in [7, 11) is 0. The number of carboxylic acids is 1. The minimum Gasteiger partial charge on any atom is -0.488 e. The first-order valence-electron chi connectivity index (χ1n) is 4.95. The number of carbonyl (C=O) groups is 1. The van der Waals surface area contributed by atoms with Crippen LogP contribution in [0.15, 0.2) is 34.1 Å². The first-order valence-corrected chi connectivity index (χ1v) is 6.62. The molecule has 3 nitrogen and oxygen atoms in total. The summed E-state index contributed by atoms with van der Waals surface area (Å²) in [5, 5.41) is 10.7. The molecular weight excluding hydrogens is 323 g/mol. The average molecular weight is 331 g/mol. The van der Waals surface area contributed by atoms with E-state index in [0.29, 0.717) is 0 Å². The molecule has 1 heterocycles. The van der Waals surface area contributed by atoms with Crippen molar-refractivity contribution in [3.8, 4) is 5.75 Å². The third kappa shape index (κ3) is 3.08. The molecule has 1 aromatic heterocycles. The Balaban J connectivity index is 2.14. The van der Waals surface area contributed by atoms with Gasteiger partial charge in [-0.25, -0.2) is 9.18 Å². The summed E-state index contributed by atoms with van der Waals surface area (Å²) >= 11 is 4.86. The lowest BCUT2D eigenvalue weighted by atomic mass is 10.2. The fourth-order valence-electron chi connectivity index (χ4n) is 1.35. The molecular formula is C12H8BrFO3S. The molecule has 0 amide bonds. The van der Waals surface area contributed by atoms with E-state index in [-0.39, 0.29) is 17.9 Å². The van der Waals surface area contributed by atoms with Gasteiger partial charge in [-0.05, 0) is 39.5 Å². The molecule has 0 fully saturated rings. The molecule has 2 rings (SSSR count). The molecule has 6 heteroatoms. The average Bonchev–Trinajstić information content (AvgIpc) is 2.71. The van der Waals surface area contributed by atoms with Crippen LogP contribution in [0.4, 0.5) is 4.39 Å². The normalized spacial score (nSPS) is 10.3. The second-order valence-corrected chi connectivity index (χ2v) is 5.32. The van der Waals surface area contributed by atoms with Crippen LogP contribution >= 0.6 is 27.3 Å². The van der Waals surface area contributed by atoms with Crippen LogP contribution < -0.4 is 4.74 Å². The lowest BCUT2D eigenvalue weighted by Crippen LogP contribution is -2.00. The van der Waals surface area contributed by atoms with E-state index in [2.05, 4.69) is 15.9 Å². The van der Waals surface area contributed by atoms with Crippen LogP contribution in [0.5, 0.6) is 5.75 Å². The van der Waals surface area contributed by atoms with Gasteiger partial charge in [0.15, 0.2) is 0 Å². The molecule has 1 N–H and O–H groups in total. The highest BCUT2D eigenvalue weighted by Crippen LogP contribution is 2.25. The van der Waals surface area contributed by atoms with Gasteiger partial charge in [-0.3, -0.25) is 0 Å². The van der Waals surface area contributed by atoms with Crippen molar-refractivity contribution in [3.05, 3.63) is 50.4 Å². The van der Waals surface area contributed by atoms with Crippen LogP contribution in [-0.2, 0) is 6.61 Å². The maximum atomic E-state index is 13.2. The van der Waals surface area contributed by atoms with Crippen molar-refractivity contribution < 1.29 is 19.0 Å². The minimum absolute atomic E-state index is 0.129. The zero-order chi connectivity index (χ0) is 13.1. The molecule has 2 aromatic rings. The van der Waals surface area contributed by atoms with Crippen LogP contribution in [0.1, 0.15) is 15.2 Å². The molecule has 1 aromatic carbocycles. The Bertz CT molecular complexity index is 582. The predicted molar refractivity (Wildman–Crippen MR) is 69.7 cm³/mol. The molecule has 0 radical (unpaired) electrons. The zero-order valence-electron chi connectivity index (χ0n) is 9.02. The van der Waals surface area contributed by atoms with E-state index >= 15 is 0 Å². The molecule has 18 heavy (non-hydrogen) atoms. The van der Waals surface area contributed by atoms with Gasteiger partial charge in [0.1, 0.15) is 18.2 Å². The van der Waals surface area contributed by atoms with Crippen LogP contribution in [0.3, 0.4) is 0 Å². The predicted octanol–water partition coefficient (Wildman–Crippen LogP) is 3.93. The van der Waals surface area contributed by atoms with Gasteiger partial charge in [-0.2, -0.15) is 0 Å². The van der Waals surface area contributed by atoms with Gasteiger partial charge < -0.3 is 9.84 Å². The van der Waals surface area contributed by atoms with Crippen LogP contribution in [0, 0.1) is 5.82 Å². The van der Waals surface area contributed by atoms with E-state index in [0.717, 1.165) is 21.5 Å². The quantitative estimate of drug-likeness (QED) is 0.923. The van der Waals surface area contributed by atoms with Crippen molar-refractivity contribution in [2.45, 2.75) is 6.61 Å². The van der Waals surface area contributed by atoms with Gasteiger partial charge in [0, 0.05) is 10.5 Å². The number of halogens is 2. The lowest BCUT2D eigenvalue weighted by molar-refractivity contribution is 0.0695. The van der Waals surface area contributed by atoms with E-state index in [4.69, 9.17) is 9.84 Å². The smallest absolute Gasteiger partial charge is 0.335 e. The van der Waals surface area contributed by atoms with Gasteiger partial charge in [0.05, 0.1) is 10.4 Å². The highest BCUT2D eigenvalue weighted by Gasteiger charge is 2.09. The van der Waals surface area contributed by atoms with Gasteiger partial charge in [-0.15, -0.1) is 11.3 Å². The first kappa shape index (κ1) is 13.0. The second kappa shape index (κ2) is 5.49. The Labute approximate surface area is 115 Å². The molecule has 0 unspecified atom stereocenters. The maximum absolute atomic E-state index is 13.2. The Morgan fingerprint density at radius 3 is 2.83 bits per heavy atom. The minimum atomic E-state index is -1.18. The molecule has 94 valence electrons. The third-order valence-corrected chi connectivity index (χ3v) is 4.08. The summed E-state index contributed by atoms with van der Waals surface area (Å²) in [4.78, 5) is 11.7. The second-order valence-electron chi connectivity index (χ2n) is 3.46. The number of ether oxygens (including phenoxy) is 1. The standard InChI is InChI=1S/C12H8BrFO3S/c13-10-1-2-18-11(10)6-17-9-4-7(12(15)16)3-8(14)5-9/h1-5H,6H2,(H,15,16). The fourth-order valence-corrected chi connectivity index (χ4v) is 2.72. The Morgan fingerprint density at radius 1 is 1.44 bits per heavy atom. The first-order chi connectivity index (χ1) is 8.56. The highest BCUT2D eigenvalue weighted by molar-refractivity contribution is 9.10. The monoisotopic (exact) mass is 330 g/mol. The van der Waals surface area contributed by atoms with E-state index in [1.54, 1.807) is 0 Å². The third-order valence-electron chi connectivity index (χ3n) is 2.18. The topological polar surface area (TPSA) is 46.5 Å². The number of hydrogen-bond acceptors (Lipinski definition) is 3. The van der Waals surface area contributed by atoms with Gasteiger partial charge in [0.25, 0.3) is 0 Å². The van der Waals surface area contributed by atoms with Crippen LogP contribution in [0.25, 0.3) is 0 Å². The molecule has 0 spiro atoms. The van der Waals surface area contributed by atoms with E-state index in [9.17, 15) is 9.18 Å². The molecule has 0 aliphatic rings. The van der Waals surface area contributed by atoms with Crippen molar-refractivity contribution >= 4 is 33.2 Å². The lowest BCUT2D eigenvalue weighted by Gasteiger charge is -2.06. The van der Waals surface area contributed by atoms with Gasteiger partial charge in [0.2, 0.25) is 0 Å². The summed E-state index contributed by atoms with van der Waals surface area (Å²) in [6, 6.07) is 5.30. The Kier molecular flexibility index (Phi) is 3.98. The zero-order valence-corrected chi connectivity index (χ0v) is 11.4. The summed E-state index contributed by atoms with van der Waals surface area (Å²) in [5.41, 5.74) is -0.129. The number of rotatable bonds is 4. The Hall–Kier alpha value is -1.40. The summed E-state index contributed by atoms with van der Waals surface area (Å²) in [5.74, 6) is -1.61. The highest BCUT2D eigenvalue weighted by atomic mass is 79.9. The largest absolute Gasteiger partial charge is 0.488 e. The Morgan fingerprint density at radius 2 is 2.22 bits per heavy atom. The van der Waals surface area contributed by atoms with Crippen molar-refractivity contribution in [1.82, 2.24) is 0 Å². The molecule has 0 aliphatic heterocycles. The van der Waals surface area contributed by atoms with Gasteiger partial charge in [-0.1, -0.05) is 0 Å². The molecule has 0 saturated carbocycles. The molecule has 0 saturated heterocycles. The van der Waals surface area contributed by atoms with Crippen LogP contribution in [-0.4, -0.2) is 11.1 Å². The van der Waals surface area contributed by atoms with Crippen molar-refractivity contribution in [1.29, 1.82) is 0 Å². The number of hydrogen-bond donors (Lipinski definition) is 1. The summed E-state index contributed by atoms with van der Waals surface area (Å²) < 4.78 is 19.5. The molecule has 0 atom stereocenters. The van der Waals surface area contributed by atoms with Crippen molar-refractivity contribution in [3.63, 3.8) is 0 Å². The van der Waals surface area contributed by atoms with E-state index in [1.165, 1.54) is 17.4 Å². The number of benzene rings is 1. The van der Waals surface area contributed by atoms with Crippen molar-refractivity contribution in [2.75, 3.05) is 0 Å². The summed E-state index contributed by atoms with van der Waals surface area (Å²) in [6.07, 6.45) is 0. The van der Waals surface area contributed by atoms with Crippen molar-refractivity contribution in [2.24, 2.45) is 0 Å². The molecule has 0 bridgehead atoms.